The van der Waals surface area contributed by atoms with Gasteiger partial charge in [-0.25, -0.2) is 0 Å². The standard InChI is InChI=1S/C35H48N8.C28H33N9.C27H32N8/c1-3-5-23-43(24-6-4-2)25-11-20-36-33-40-34(37-21-18-28-17-16-27-12-7-8-13-30(27)28)42-35(41-33)38-22-19-29-26-39-32-15-10-9-14-31(29)32;29-25(30)10-5-15-31-26-35-27(32-16-13-20-12-11-19-6-1-2-7-22(19)20)37-28(36-26)33-17-14-21-18-34-24-9-4-3-8-23(21)24;28-14-5-15-29-25-33-26(30-16-12-20-11-10-19-6-1-2-7-22(19)20)35-27(34-25)31-17-13-21-18-32-24-9-4-3-8-23(21)24/h7-10,12-15,17,26,39H,3-6,11,16,18-25H2,1-2H3,(H3,36,37,38,40,41,42);1-4,6-9,12,18,34H,5,10-11,13-17H2,(H3,29,30)(H3,31,32,33,35,36,37);1-4,6-9,11,18,32H,5,10,12-17,28H2,(H3,29,30,31,33,34,35). The number of hydrogen-bond acceptors (Lipinski definition) is 21. The zero-order valence-corrected chi connectivity index (χ0v) is 66.7. The molecule has 3 aliphatic carbocycles. The van der Waals surface area contributed by atoms with Crippen LogP contribution in [-0.4, -0.2) is 156 Å². The highest BCUT2D eigenvalue weighted by Gasteiger charge is 2.19. The first-order valence-electron chi connectivity index (χ1n) is 41.3. The van der Waals surface area contributed by atoms with Crippen molar-refractivity contribution in [2.24, 2.45) is 11.5 Å². The van der Waals surface area contributed by atoms with Gasteiger partial charge in [-0.15, -0.1) is 0 Å². The average Bonchev–Trinajstić information content (AvgIpc) is 1.72. The largest absolute Gasteiger partial charge is 0.388 e. The second-order valence-electron chi connectivity index (χ2n) is 29.3. The predicted molar refractivity (Wildman–Crippen MR) is 476 cm³/mol. The van der Waals surface area contributed by atoms with E-state index in [1.807, 2.05) is 12.1 Å². The molecule has 0 saturated carbocycles. The zero-order valence-electron chi connectivity index (χ0n) is 66.7. The number of fused-ring (bicyclic) bond motifs is 6. The van der Waals surface area contributed by atoms with E-state index in [-0.39, 0.29) is 5.84 Å². The predicted octanol–water partition coefficient (Wildman–Crippen LogP) is 15.9. The quantitative estimate of drug-likeness (QED) is 0.00958. The first-order chi connectivity index (χ1) is 56.7. The number of hydrogen-bond donors (Lipinski definition) is 15. The lowest BCUT2D eigenvalue weighted by Gasteiger charge is -2.22. The maximum atomic E-state index is 7.41. The number of unbranched alkanes of at least 4 members (excludes halogenated alkanes) is 2. The van der Waals surface area contributed by atoms with Gasteiger partial charge in [-0.05, 0) is 201 Å². The number of H-pyrrole nitrogens is 3. The third kappa shape index (κ3) is 23.7. The molecule has 25 nitrogen and oxygen atoms in total. The van der Waals surface area contributed by atoms with Crippen LogP contribution in [0.2, 0.25) is 0 Å². The van der Waals surface area contributed by atoms with Crippen LogP contribution in [0.3, 0.4) is 0 Å². The van der Waals surface area contributed by atoms with Crippen molar-refractivity contribution in [1.82, 2.24) is 64.7 Å². The summed E-state index contributed by atoms with van der Waals surface area (Å²) >= 11 is 0. The molecule has 0 spiro atoms. The fraction of sp³-hybridized carbons (Fsp3) is 0.356. The maximum absolute atomic E-state index is 7.41. The molecule has 6 aromatic carbocycles. The lowest BCUT2D eigenvalue weighted by atomic mass is 10.0. The van der Waals surface area contributed by atoms with Crippen LogP contribution in [0, 0.1) is 5.41 Å². The zero-order chi connectivity index (χ0) is 79.0. The van der Waals surface area contributed by atoms with Crippen LogP contribution in [0.4, 0.5) is 53.5 Å². The molecule has 17 N–H and O–H groups in total. The third-order valence-corrected chi connectivity index (χ3v) is 21.0. The van der Waals surface area contributed by atoms with Gasteiger partial charge in [0, 0.05) is 117 Å². The highest BCUT2D eigenvalue weighted by molar-refractivity contribution is 5.85. The van der Waals surface area contributed by atoms with E-state index in [9.17, 15) is 0 Å². The molecule has 6 aromatic heterocycles. The van der Waals surface area contributed by atoms with Crippen LogP contribution < -0.4 is 59.3 Å². The molecule has 0 atom stereocenters. The van der Waals surface area contributed by atoms with E-state index < -0.39 is 0 Å². The Bertz CT molecular complexity index is 5180. The van der Waals surface area contributed by atoms with Crippen molar-refractivity contribution in [1.29, 1.82) is 5.41 Å². The van der Waals surface area contributed by atoms with E-state index in [2.05, 4.69) is 282 Å². The first kappa shape index (κ1) is 80.8. The number of rotatable bonds is 44. The van der Waals surface area contributed by atoms with E-state index in [0.717, 1.165) is 140 Å². The molecule has 0 bridgehead atoms. The van der Waals surface area contributed by atoms with E-state index in [0.29, 0.717) is 79.6 Å². The number of allylic oxidation sites excluding steroid dienone is 3. The highest BCUT2D eigenvalue weighted by Crippen LogP contribution is 2.33. The van der Waals surface area contributed by atoms with Crippen LogP contribution in [0.5, 0.6) is 0 Å². The summed E-state index contributed by atoms with van der Waals surface area (Å²) in [5.74, 6) is 5.23. The lowest BCUT2D eigenvalue weighted by Crippen LogP contribution is -2.28. The first-order valence-corrected chi connectivity index (χ1v) is 41.3. The number of anilines is 9. The summed E-state index contributed by atoms with van der Waals surface area (Å²) in [6.45, 7) is 15.2. The van der Waals surface area contributed by atoms with Gasteiger partial charge in [0.2, 0.25) is 53.5 Å². The summed E-state index contributed by atoms with van der Waals surface area (Å²) in [7, 11) is 0. The summed E-state index contributed by atoms with van der Waals surface area (Å²) in [4.78, 5) is 54.3. The van der Waals surface area contributed by atoms with Gasteiger partial charge in [0.1, 0.15) is 0 Å². The summed E-state index contributed by atoms with van der Waals surface area (Å²) in [6, 6.07) is 50.9. The smallest absolute Gasteiger partial charge is 0.229 e. The fourth-order valence-corrected chi connectivity index (χ4v) is 14.9. The van der Waals surface area contributed by atoms with Gasteiger partial charge in [0.15, 0.2) is 0 Å². The summed E-state index contributed by atoms with van der Waals surface area (Å²) in [5, 5.41) is 41.6. The van der Waals surface area contributed by atoms with Gasteiger partial charge in [0.05, 0.1) is 5.84 Å². The summed E-state index contributed by atoms with van der Waals surface area (Å²) in [6.07, 6.45) is 29.7. The van der Waals surface area contributed by atoms with E-state index >= 15 is 0 Å². The minimum Gasteiger partial charge on any atom is -0.388 e. The van der Waals surface area contributed by atoms with Gasteiger partial charge >= 0.3 is 0 Å². The highest BCUT2D eigenvalue weighted by atomic mass is 15.3. The molecule has 115 heavy (non-hydrogen) atoms. The van der Waals surface area contributed by atoms with Crippen molar-refractivity contribution in [3.05, 3.63) is 232 Å². The molecule has 0 radical (unpaired) electrons. The minimum atomic E-state index is 0.183. The van der Waals surface area contributed by atoms with Crippen molar-refractivity contribution < 1.29 is 0 Å². The van der Waals surface area contributed by atoms with Gasteiger partial charge < -0.3 is 79.2 Å². The van der Waals surface area contributed by atoms with Gasteiger partial charge in [-0.2, -0.15) is 44.9 Å². The van der Waals surface area contributed by atoms with Crippen LogP contribution in [0.1, 0.15) is 135 Å². The van der Waals surface area contributed by atoms with Crippen molar-refractivity contribution in [2.45, 2.75) is 123 Å². The molecule has 0 aliphatic heterocycles. The molecule has 15 rings (SSSR count). The SMILES string of the molecule is CCCCN(CCCC)CCCNc1nc(NCCC2=CCc3ccccc32)nc(NCCc2c[nH]c3ccccc23)n1.N=C(N)CCCNc1nc(NCCC2=CCc3ccccc32)nc(NCCc2c[nH]c3ccccc23)n1.NCCCNc1nc(NCCC2=CCc3ccccc32)nc(NCCc2c[nH]c3ccccc23)n1. The fourth-order valence-electron chi connectivity index (χ4n) is 14.9. The minimum absolute atomic E-state index is 0.183. The van der Waals surface area contributed by atoms with Crippen molar-refractivity contribution in [3.8, 4) is 0 Å². The number of para-hydroxylation sites is 3. The Morgan fingerprint density at radius 3 is 0.948 bits per heavy atom. The Morgan fingerprint density at radius 2 is 0.626 bits per heavy atom. The Hall–Kier alpha value is -12.2. The molecule has 0 amide bonds. The van der Waals surface area contributed by atoms with Crippen LogP contribution in [-0.2, 0) is 38.5 Å². The van der Waals surface area contributed by atoms with Crippen molar-refractivity contribution in [2.75, 3.05) is 133 Å². The molecule has 598 valence electrons. The van der Waals surface area contributed by atoms with Crippen LogP contribution >= 0.6 is 0 Å². The Balaban J connectivity index is 0.000000151. The van der Waals surface area contributed by atoms with E-state index in [1.54, 1.807) is 0 Å². The molecular weight excluding hydrogens is 1430 g/mol. The number of nitrogens with one attached hydrogen (secondary N) is 13. The molecule has 0 saturated heterocycles. The third-order valence-electron chi connectivity index (χ3n) is 21.0. The molecular formula is C90H113N25. The number of benzene rings is 6. The second-order valence-corrected chi connectivity index (χ2v) is 29.3. The van der Waals surface area contributed by atoms with Crippen molar-refractivity contribution in [3.63, 3.8) is 0 Å². The number of nitrogens with zero attached hydrogens (tertiary/aromatic N) is 10. The Morgan fingerprint density at radius 1 is 0.348 bits per heavy atom. The normalized spacial score (nSPS) is 12.4. The number of aromatic amines is 3. The monoisotopic (exact) mass is 1540 g/mol. The number of nitrogens with two attached hydrogens (primary N) is 2. The molecule has 0 unspecified atom stereocenters. The summed E-state index contributed by atoms with van der Waals surface area (Å²) in [5.41, 5.74) is 30.8. The molecule has 25 heteroatoms. The molecule has 12 aromatic rings. The number of amidine groups is 1. The van der Waals surface area contributed by atoms with Gasteiger partial charge in [0.25, 0.3) is 0 Å². The van der Waals surface area contributed by atoms with Gasteiger partial charge in [-0.1, -0.05) is 172 Å². The maximum Gasteiger partial charge on any atom is 0.229 e. The topological polar surface area (TPSA) is 351 Å². The van der Waals surface area contributed by atoms with Crippen LogP contribution in [0.25, 0.3) is 49.4 Å². The van der Waals surface area contributed by atoms with Crippen LogP contribution in [0.15, 0.2) is 182 Å². The number of aromatic nitrogens is 12. The molecule has 3 aliphatic rings. The molecule has 6 heterocycles. The average molecular weight is 1550 g/mol. The molecule has 0 fully saturated rings. The Labute approximate surface area is 675 Å². The second kappa shape index (κ2) is 42.6. The van der Waals surface area contributed by atoms with E-state index in [4.69, 9.17) is 31.8 Å². The summed E-state index contributed by atoms with van der Waals surface area (Å²) < 4.78 is 0. The lowest BCUT2D eigenvalue weighted by molar-refractivity contribution is 0.264. The Kier molecular flexibility index (Phi) is 29.9. The van der Waals surface area contributed by atoms with E-state index in [1.165, 1.54) is 127 Å². The van der Waals surface area contributed by atoms with Crippen molar-refractivity contribution >= 4 is 109 Å². The van der Waals surface area contributed by atoms with Gasteiger partial charge in [-0.3, -0.25) is 5.41 Å².